The van der Waals surface area contributed by atoms with Crippen LogP contribution in [0.25, 0.3) is 0 Å². The summed E-state index contributed by atoms with van der Waals surface area (Å²) in [6.45, 7) is 0. The number of carbonyl (C=O) groups excluding carboxylic acids is 2. The van der Waals surface area contributed by atoms with E-state index in [0.717, 1.165) is 0 Å². The van der Waals surface area contributed by atoms with Crippen LogP contribution in [0.1, 0.15) is 25.7 Å². The summed E-state index contributed by atoms with van der Waals surface area (Å²) < 4.78 is 0. The van der Waals surface area contributed by atoms with E-state index in [2.05, 4.69) is 10.3 Å². The summed E-state index contributed by atoms with van der Waals surface area (Å²) in [6.07, 6.45) is 5.69. The zero-order valence-corrected chi connectivity index (χ0v) is 8.98. The van der Waals surface area contributed by atoms with Crippen molar-refractivity contribution >= 4 is 17.4 Å². The van der Waals surface area contributed by atoms with E-state index in [4.69, 9.17) is 0 Å². The van der Waals surface area contributed by atoms with Crippen molar-refractivity contribution in [3.63, 3.8) is 0 Å². The molecule has 84 valence electrons. The highest BCUT2D eigenvalue weighted by Crippen LogP contribution is 2.22. The van der Waals surface area contributed by atoms with Gasteiger partial charge in [0, 0.05) is 25.0 Å². The normalized spacial score (nSPS) is 17.1. The van der Waals surface area contributed by atoms with E-state index >= 15 is 0 Å². The minimum atomic E-state index is -0.0297. The molecule has 1 aromatic heterocycles. The van der Waals surface area contributed by atoms with Gasteiger partial charge in [-0.2, -0.15) is 0 Å². The van der Waals surface area contributed by atoms with Gasteiger partial charge >= 0.3 is 0 Å². The molecule has 1 fully saturated rings. The average molecular weight is 218 g/mol. The number of anilines is 1. The van der Waals surface area contributed by atoms with Gasteiger partial charge in [0.25, 0.3) is 0 Å². The SMILES string of the molecule is O=C1CCC(C(=O)Nc2cccnc2)CC1. The Morgan fingerprint density at radius 2 is 2.12 bits per heavy atom. The zero-order valence-electron chi connectivity index (χ0n) is 8.98. The van der Waals surface area contributed by atoms with E-state index in [9.17, 15) is 9.59 Å². The fourth-order valence-corrected chi connectivity index (χ4v) is 1.88. The monoisotopic (exact) mass is 218 g/mol. The molecule has 4 heteroatoms. The summed E-state index contributed by atoms with van der Waals surface area (Å²) in [5.74, 6) is 0.240. The summed E-state index contributed by atoms with van der Waals surface area (Å²) in [6, 6.07) is 3.58. The zero-order chi connectivity index (χ0) is 11.4. The van der Waals surface area contributed by atoms with Crippen LogP contribution in [-0.4, -0.2) is 16.7 Å². The molecule has 1 aliphatic rings. The third-order valence-electron chi connectivity index (χ3n) is 2.84. The maximum absolute atomic E-state index is 11.8. The van der Waals surface area contributed by atoms with Gasteiger partial charge in [-0.05, 0) is 25.0 Å². The van der Waals surface area contributed by atoms with Gasteiger partial charge in [-0.3, -0.25) is 14.6 Å². The summed E-state index contributed by atoms with van der Waals surface area (Å²) in [4.78, 5) is 26.8. The Bertz CT molecular complexity index is 379. The van der Waals surface area contributed by atoms with Gasteiger partial charge in [0.15, 0.2) is 0 Å². The number of hydrogen-bond acceptors (Lipinski definition) is 3. The average Bonchev–Trinajstić information content (AvgIpc) is 2.31. The van der Waals surface area contributed by atoms with Crippen LogP contribution in [0.5, 0.6) is 0 Å². The van der Waals surface area contributed by atoms with Crippen molar-refractivity contribution in [2.24, 2.45) is 5.92 Å². The van der Waals surface area contributed by atoms with Gasteiger partial charge in [0.1, 0.15) is 5.78 Å². The van der Waals surface area contributed by atoms with E-state index in [1.165, 1.54) is 0 Å². The molecule has 1 heterocycles. The second-order valence-electron chi connectivity index (χ2n) is 4.04. The number of pyridine rings is 1. The lowest BCUT2D eigenvalue weighted by Crippen LogP contribution is -2.27. The largest absolute Gasteiger partial charge is 0.324 e. The molecular weight excluding hydrogens is 204 g/mol. The fourth-order valence-electron chi connectivity index (χ4n) is 1.88. The third-order valence-corrected chi connectivity index (χ3v) is 2.84. The molecule has 0 unspecified atom stereocenters. The van der Waals surface area contributed by atoms with Gasteiger partial charge in [-0.1, -0.05) is 0 Å². The molecule has 1 aromatic rings. The second kappa shape index (κ2) is 4.88. The Hall–Kier alpha value is -1.71. The molecule has 0 saturated heterocycles. The first-order valence-corrected chi connectivity index (χ1v) is 5.48. The number of hydrogen-bond donors (Lipinski definition) is 1. The quantitative estimate of drug-likeness (QED) is 0.823. The van der Waals surface area contributed by atoms with E-state index in [0.29, 0.717) is 31.4 Å². The van der Waals surface area contributed by atoms with Crippen LogP contribution >= 0.6 is 0 Å². The molecule has 0 aromatic carbocycles. The lowest BCUT2D eigenvalue weighted by molar-refractivity contribution is -0.125. The Labute approximate surface area is 94.1 Å². The van der Waals surface area contributed by atoms with Crippen molar-refractivity contribution in [2.75, 3.05) is 5.32 Å². The summed E-state index contributed by atoms with van der Waals surface area (Å²) in [5, 5.41) is 2.81. The summed E-state index contributed by atoms with van der Waals surface area (Å²) >= 11 is 0. The van der Waals surface area contributed by atoms with Crippen LogP contribution in [-0.2, 0) is 9.59 Å². The fraction of sp³-hybridized carbons (Fsp3) is 0.417. The second-order valence-corrected chi connectivity index (χ2v) is 4.04. The molecule has 0 aliphatic heterocycles. The molecule has 0 spiro atoms. The number of nitrogens with zero attached hydrogens (tertiary/aromatic N) is 1. The number of carbonyl (C=O) groups is 2. The summed E-state index contributed by atoms with van der Waals surface area (Å²) in [5.41, 5.74) is 0.712. The smallest absolute Gasteiger partial charge is 0.227 e. The van der Waals surface area contributed by atoms with Crippen LogP contribution in [0.2, 0.25) is 0 Å². The van der Waals surface area contributed by atoms with Crippen molar-refractivity contribution in [2.45, 2.75) is 25.7 Å². The van der Waals surface area contributed by atoms with Crippen LogP contribution in [0.3, 0.4) is 0 Å². The maximum Gasteiger partial charge on any atom is 0.227 e. The topological polar surface area (TPSA) is 59.1 Å². The van der Waals surface area contributed by atoms with Gasteiger partial charge in [0.2, 0.25) is 5.91 Å². The minimum absolute atomic E-state index is 0.000463. The minimum Gasteiger partial charge on any atom is -0.324 e. The molecule has 0 radical (unpaired) electrons. The highest BCUT2D eigenvalue weighted by Gasteiger charge is 2.24. The molecule has 2 rings (SSSR count). The predicted octanol–water partition coefficient (Wildman–Crippen LogP) is 1.78. The highest BCUT2D eigenvalue weighted by molar-refractivity contribution is 5.93. The molecule has 0 atom stereocenters. The van der Waals surface area contributed by atoms with Crippen LogP contribution < -0.4 is 5.32 Å². The Kier molecular flexibility index (Phi) is 3.29. The van der Waals surface area contributed by atoms with Crippen molar-refractivity contribution in [1.29, 1.82) is 0 Å². The summed E-state index contributed by atoms with van der Waals surface area (Å²) in [7, 11) is 0. The van der Waals surface area contributed by atoms with Crippen LogP contribution in [0.4, 0.5) is 5.69 Å². The molecular formula is C12H14N2O2. The van der Waals surface area contributed by atoms with Crippen molar-refractivity contribution in [1.82, 2.24) is 4.98 Å². The van der Waals surface area contributed by atoms with E-state index in [1.54, 1.807) is 24.5 Å². The van der Waals surface area contributed by atoms with Gasteiger partial charge in [0.05, 0.1) is 11.9 Å². The van der Waals surface area contributed by atoms with E-state index in [-0.39, 0.29) is 17.6 Å². The van der Waals surface area contributed by atoms with E-state index in [1.807, 2.05) is 0 Å². The van der Waals surface area contributed by atoms with E-state index < -0.39 is 0 Å². The standard InChI is InChI=1S/C12H14N2O2/c15-11-5-3-9(4-6-11)12(16)14-10-2-1-7-13-8-10/h1-2,7-9H,3-6H2,(H,14,16). The molecule has 4 nitrogen and oxygen atoms in total. The molecule has 1 aliphatic carbocycles. The Morgan fingerprint density at radius 1 is 1.38 bits per heavy atom. The van der Waals surface area contributed by atoms with Gasteiger partial charge < -0.3 is 5.32 Å². The van der Waals surface area contributed by atoms with Crippen molar-refractivity contribution in [3.05, 3.63) is 24.5 Å². The first-order valence-electron chi connectivity index (χ1n) is 5.48. The number of Topliss-reactive ketones (excluding diaryl/α,β-unsaturated/α-hetero) is 1. The lowest BCUT2D eigenvalue weighted by Gasteiger charge is -2.19. The van der Waals surface area contributed by atoms with Crippen molar-refractivity contribution < 1.29 is 9.59 Å². The maximum atomic E-state index is 11.8. The molecule has 1 saturated carbocycles. The first kappa shape index (κ1) is 10.8. The number of nitrogens with one attached hydrogen (secondary N) is 1. The lowest BCUT2D eigenvalue weighted by atomic mass is 9.88. The molecule has 1 N–H and O–H groups in total. The Balaban J connectivity index is 1.91. The van der Waals surface area contributed by atoms with Crippen LogP contribution in [0.15, 0.2) is 24.5 Å². The Morgan fingerprint density at radius 3 is 2.75 bits per heavy atom. The molecule has 16 heavy (non-hydrogen) atoms. The molecule has 1 amide bonds. The van der Waals surface area contributed by atoms with Crippen molar-refractivity contribution in [3.8, 4) is 0 Å². The number of aromatic nitrogens is 1. The number of ketones is 1. The number of rotatable bonds is 2. The third kappa shape index (κ3) is 2.66. The predicted molar refractivity (Wildman–Crippen MR) is 59.8 cm³/mol. The van der Waals surface area contributed by atoms with Crippen LogP contribution in [0, 0.1) is 5.92 Å². The first-order chi connectivity index (χ1) is 7.75. The highest BCUT2D eigenvalue weighted by atomic mass is 16.2. The molecule has 0 bridgehead atoms. The number of amides is 1. The van der Waals surface area contributed by atoms with Gasteiger partial charge in [-0.15, -0.1) is 0 Å². The van der Waals surface area contributed by atoms with Gasteiger partial charge in [-0.25, -0.2) is 0 Å².